The molecule has 1 amide bonds. The minimum Gasteiger partial charge on any atom is -0.497 e. The molecule has 0 N–H and O–H groups in total. The second-order valence-electron chi connectivity index (χ2n) is 8.82. The molecule has 2 aliphatic carbocycles. The number of esters is 1. The molecule has 0 radical (unpaired) electrons. The predicted molar refractivity (Wildman–Crippen MR) is 106 cm³/mol. The molecule has 1 heterocycles. The van der Waals surface area contributed by atoms with Crippen molar-refractivity contribution in [3.05, 3.63) is 29.8 Å². The Kier molecular flexibility index (Phi) is 5.11. The van der Waals surface area contributed by atoms with Gasteiger partial charge in [-0.1, -0.05) is 18.6 Å². The fourth-order valence-corrected chi connectivity index (χ4v) is 5.13. The molecule has 0 unspecified atom stereocenters. The number of piperidine rings is 1. The lowest BCUT2D eigenvalue weighted by Crippen LogP contribution is -2.49. The number of hydrogen-bond donors (Lipinski definition) is 0. The Morgan fingerprint density at radius 3 is 2.29 bits per heavy atom. The van der Waals surface area contributed by atoms with Gasteiger partial charge >= 0.3 is 5.97 Å². The van der Waals surface area contributed by atoms with Crippen molar-refractivity contribution in [2.75, 3.05) is 26.8 Å². The number of likely N-dealkylation sites (tertiary alicyclic amines) is 1. The summed E-state index contributed by atoms with van der Waals surface area (Å²) >= 11 is 0. The number of methoxy groups -OCH3 is 1. The molecule has 3 aliphatic rings. The van der Waals surface area contributed by atoms with Gasteiger partial charge in [-0.2, -0.15) is 0 Å². The van der Waals surface area contributed by atoms with Crippen LogP contribution in [0.1, 0.15) is 51.0 Å². The van der Waals surface area contributed by atoms with Crippen molar-refractivity contribution in [2.45, 2.75) is 51.9 Å². The predicted octanol–water partition coefficient (Wildman–Crippen LogP) is 3.60. The average Bonchev–Trinajstić information content (AvgIpc) is 3.45. The van der Waals surface area contributed by atoms with Gasteiger partial charge in [0.25, 0.3) is 0 Å². The second-order valence-corrected chi connectivity index (χ2v) is 8.82. The number of benzene rings is 1. The molecule has 1 spiro atoms. The minimum atomic E-state index is -0.543. The van der Waals surface area contributed by atoms with E-state index in [1.54, 1.807) is 7.11 Å². The van der Waals surface area contributed by atoms with Crippen LogP contribution in [0.15, 0.2) is 24.3 Å². The van der Waals surface area contributed by atoms with Crippen LogP contribution in [0, 0.1) is 16.7 Å². The molecule has 0 bridgehead atoms. The fraction of sp³-hybridized carbons (Fsp3) is 0.652. The molecular formula is C23H31NO4. The molecule has 1 aromatic rings. The molecular weight excluding hydrogens is 354 g/mol. The third-order valence-corrected chi connectivity index (χ3v) is 7.28. The van der Waals surface area contributed by atoms with Crippen LogP contribution in [-0.2, 0) is 20.7 Å². The summed E-state index contributed by atoms with van der Waals surface area (Å²) in [6, 6.07) is 7.89. The lowest BCUT2D eigenvalue weighted by Gasteiger charge is -2.40. The van der Waals surface area contributed by atoms with Crippen molar-refractivity contribution in [1.82, 2.24) is 4.90 Å². The highest BCUT2D eigenvalue weighted by molar-refractivity contribution is 5.84. The average molecular weight is 386 g/mol. The van der Waals surface area contributed by atoms with E-state index in [2.05, 4.69) is 0 Å². The molecule has 1 saturated heterocycles. The monoisotopic (exact) mass is 385 g/mol. The molecule has 1 aliphatic heterocycles. The number of amides is 1. The first-order valence-electron chi connectivity index (χ1n) is 10.6. The summed E-state index contributed by atoms with van der Waals surface area (Å²) in [6.07, 6.45) is 6.79. The molecule has 1 aromatic carbocycles. The molecule has 5 heteroatoms. The van der Waals surface area contributed by atoms with E-state index in [0.717, 1.165) is 17.7 Å². The molecule has 28 heavy (non-hydrogen) atoms. The van der Waals surface area contributed by atoms with E-state index in [1.807, 2.05) is 36.1 Å². The highest BCUT2D eigenvalue weighted by Gasteiger charge is 2.62. The van der Waals surface area contributed by atoms with E-state index in [0.29, 0.717) is 50.3 Å². The molecule has 2 saturated carbocycles. The number of carbonyl (C=O) groups excluding carboxylic acids is 2. The molecule has 152 valence electrons. The fourth-order valence-electron chi connectivity index (χ4n) is 5.13. The van der Waals surface area contributed by atoms with Gasteiger partial charge < -0.3 is 14.4 Å². The van der Waals surface area contributed by atoms with Gasteiger partial charge in [-0.25, -0.2) is 0 Å². The van der Waals surface area contributed by atoms with E-state index in [1.165, 1.54) is 19.3 Å². The summed E-state index contributed by atoms with van der Waals surface area (Å²) in [7, 11) is 1.65. The van der Waals surface area contributed by atoms with Crippen LogP contribution < -0.4 is 4.74 Å². The Bertz CT molecular complexity index is 729. The van der Waals surface area contributed by atoms with Crippen LogP contribution in [0.3, 0.4) is 0 Å². The summed E-state index contributed by atoms with van der Waals surface area (Å²) in [5.74, 6) is 1.25. The third-order valence-electron chi connectivity index (χ3n) is 7.28. The van der Waals surface area contributed by atoms with Gasteiger partial charge in [-0.3, -0.25) is 9.59 Å². The van der Waals surface area contributed by atoms with E-state index in [9.17, 15) is 9.59 Å². The summed E-state index contributed by atoms with van der Waals surface area (Å²) in [6.45, 7) is 3.54. The first kappa shape index (κ1) is 19.3. The van der Waals surface area contributed by atoms with Crippen molar-refractivity contribution in [3.8, 4) is 5.75 Å². The molecule has 5 nitrogen and oxygen atoms in total. The SMILES string of the molecule is CCOC(=O)C1(Cc2ccc(OC)cc2)CCN(C(=O)[C@@H]2CC23CCC3)CC1. The van der Waals surface area contributed by atoms with Gasteiger partial charge in [0.1, 0.15) is 5.75 Å². The number of ether oxygens (including phenoxy) is 2. The summed E-state index contributed by atoms with van der Waals surface area (Å²) in [4.78, 5) is 27.8. The van der Waals surface area contributed by atoms with Gasteiger partial charge in [-0.15, -0.1) is 0 Å². The Morgan fingerprint density at radius 2 is 1.79 bits per heavy atom. The third kappa shape index (κ3) is 3.40. The van der Waals surface area contributed by atoms with Crippen LogP contribution in [0.2, 0.25) is 0 Å². The molecule has 3 fully saturated rings. The largest absolute Gasteiger partial charge is 0.497 e. The molecule has 4 rings (SSSR count). The van der Waals surface area contributed by atoms with E-state index < -0.39 is 5.41 Å². The van der Waals surface area contributed by atoms with Crippen molar-refractivity contribution in [3.63, 3.8) is 0 Å². The Balaban J connectivity index is 1.43. The maximum atomic E-state index is 12.9. The lowest BCUT2D eigenvalue weighted by molar-refractivity contribution is -0.160. The van der Waals surface area contributed by atoms with Crippen molar-refractivity contribution in [1.29, 1.82) is 0 Å². The first-order valence-corrected chi connectivity index (χ1v) is 10.6. The summed E-state index contributed by atoms with van der Waals surface area (Å²) < 4.78 is 10.7. The maximum Gasteiger partial charge on any atom is 0.312 e. The van der Waals surface area contributed by atoms with E-state index in [4.69, 9.17) is 9.47 Å². The zero-order chi connectivity index (χ0) is 19.8. The summed E-state index contributed by atoms with van der Waals surface area (Å²) in [5.41, 5.74) is 0.916. The Labute approximate surface area is 167 Å². The van der Waals surface area contributed by atoms with Crippen molar-refractivity contribution in [2.24, 2.45) is 16.7 Å². The standard InChI is InChI=1S/C23H31NO4/c1-3-28-21(26)23(15-17-5-7-18(27-2)8-6-17)11-13-24(14-12-23)20(25)19-16-22(19)9-4-10-22/h5-8,19H,3-4,9-16H2,1-2H3/t19-/m0/s1. The molecule has 0 aromatic heterocycles. The Hall–Kier alpha value is -2.04. The van der Waals surface area contributed by atoms with Gasteiger partial charge in [0.15, 0.2) is 0 Å². The quantitative estimate of drug-likeness (QED) is 0.702. The zero-order valence-electron chi connectivity index (χ0n) is 17.0. The van der Waals surface area contributed by atoms with Crippen LogP contribution in [-0.4, -0.2) is 43.6 Å². The van der Waals surface area contributed by atoms with Crippen molar-refractivity contribution < 1.29 is 19.1 Å². The van der Waals surface area contributed by atoms with Crippen molar-refractivity contribution >= 4 is 11.9 Å². The zero-order valence-corrected chi connectivity index (χ0v) is 17.0. The smallest absolute Gasteiger partial charge is 0.312 e. The minimum absolute atomic E-state index is 0.125. The number of hydrogen-bond acceptors (Lipinski definition) is 4. The number of rotatable bonds is 6. The van der Waals surface area contributed by atoms with Gasteiger partial charge in [0.05, 0.1) is 19.1 Å². The Morgan fingerprint density at radius 1 is 1.11 bits per heavy atom. The van der Waals surface area contributed by atoms with E-state index >= 15 is 0 Å². The maximum absolute atomic E-state index is 12.9. The molecule has 1 atom stereocenters. The number of carbonyl (C=O) groups is 2. The van der Waals surface area contributed by atoms with Gasteiger partial charge in [-0.05, 0) is 68.6 Å². The van der Waals surface area contributed by atoms with E-state index in [-0.39, 0.29) is 11.9 Å². The topological polar surface area (TPSA) is 55.8 Å². The highest BCUT2D eigenvalue weighted by atomic mass is 16.5. The highest BCUT2D eigenvalue weighted by Crippen LogP contribution is 2.66. The van der Waals surface area contributed by atoms with Crippen LogP contribution in [0.25, 0.3) is 0 Å². The van der Waals surface area contributed by atoms with Gasteiger partial charge in [0, 0.05) is 19.0 Å². The normalized spacial score (nSPS) is 24.4. The second kappa shape index (κ2) is 7.41. The van der Waals surface area contributed by atoms with Crippen LogP contribution in [0.4, 0.5) is 0 Å². The summed E-state index contributed by atoms with van der Waals surface area (Å²) in [5, 5.41) is 0. The number of nitrogens with zero attached hydrogens (tertiary/aromatic N) is 1. The lowest BCUT2D eigenvalue weighted by atomic mass is 9.73. The van der Waals surface area contributed by atoms with Crippen LogP contribution in [0.5, 0.6) is 5.75 Å². The van der Waals surface area contributed by atoms with Gasteiger partial charge in [0.2, 0.25) is 5.91 Å². The first-order chi connectivity index (χ1) is 13.5. The van der Waals surface area contributed by atoms with Crippen LogP contribution >= 0.6 is 0 Å².